The monoisotopic (exact) mass is 390 g/mol. The van der Waals surface area contributed by atoms with E-state index in [1.54, 1.807) is 18.6 Å². The van der Waals surface area contributed by atoms with Crippen molar-refractivity contribution in [2.24, 2.45) is 0 Å². The molecule has 0 atom stereocenters. The van der Waals surface area contributed by atoms with Crippen molar-refractivity contribution in [1.82, 2.24) is 19.9 Å². The van der Waals surface area contributed by atoms with Gasteiger partial charge in [0.1, 0.15) is 0 Å². The Morgan fingerprint density at radius 3 is 2.76 bits per heavy atom. The van der Waals surface area contributed by atoms with E-state index in [1.165, 1.54) is 0 Å². The molecule has 8 nitrogen and oxygen atoms in total. The predicted octanol–water partition coefficient (Wildman–Crippen LogP) is 2.55. The maximum absolute atomic E-state index is 12.3. The highest BCUT2D eigenvalue weighted by Gasteiger charge is 2.14. The molecule has 2 aromatic heterocycles. The van der Waals surface area contributed by atoms with Crippen LogP contribution in [0.4, 0.5) is 17.3 Å². The molecule has 1 amide bonds. The molecule has 0 spiro atoms. The van der Waals surface area contributed by atoms with Crippen LogP contribution >= 0.6 is 0 Å². The number of hydrogen-bond acceptors (Lipinski definition) is 7. The number of carbonyl (C=O) groups is 1. The highest BCUT2D eigenvalue weighted by atomic mass is 16.5. The number of anilines is 3. The molecule has 3 aromatic rings. The summed E-state index contributed by atoms with van der Waals surface area (Å²) in [4.78, 5) is 27.3. The lowest BCUT2D eigenvalue weighted by Crippen LogP contribution is -2.41. The first-order valence-corrected chi connectivity index (χ1v) is 9.47. The highest BCUT2D eigenvalue weighted by Crippen LogP contribution is 2.20. The summed E-state index contributed by atoms with van der Waals surface area (Å²) in [6.45, 7) is 3.26. The molecule has 0 radical (unpaired) electrons. The summed E-state index contributed by atoms with van der Waals surface area (Å²) in [5, 5.41) is 6.13. The third-order valence-electron chi connectivity index (χ3n) is 4.49. The minimum absolute atomic E-state index is 0.0427. The number of morpholine rings is 1. The van der Waals surface area contributed by atoms with E-state index in [2.05, 4.69) is 30.5 Å². The number of rotatable bonds is 6. The van der Waals surface area contributed by atoms with Crippen LogP contribution in [-0.2, 0) is 9.53 Å². The van der Waals surface area contributed by atoms with Crippen molar-refractivity contribution in [2.45, 2.75) is 0 Å². The van der Waals surface area contributed by atoms with Gasteiger partial charge >= 0.3 is 0 Å². The first-order valence-electron chi connectivity index (χ1n) is 9.47. The van der Waals surface area contributed by atoms with Crippen molar-refractivity contribution in [3.63, 3.8) is 0 Å². The van der Waals surface area contributed by atoms with E-state index in [0.29, 0.717) is 25.7 Å². The number of aromatic nitrogens is 3. The Labute approximate surface area is 169 Å². The van der Waals surface area contributed by atoms with Crippen LogP contribution < -0.4 is 10.6 Å². The van der Waals surface area contributed by atoms with Crippen LogP contribution in [0.25, 0.3) is 11.3 Å². The predicted molar refractivity (Wildman–Crippen MR) is 111 cm³/mol. The van der Waals surface area contributed by atoms with Crippen LogP contribution in [0.5, 0.6) is 0 Å². The molecule has 0 bridgehead atoms. The van der Waals surface area contributed by atoms with Gasteiger partial charge in [-0.2, -0.15) is 0 Å². The van der Waals surface area contributed by atoms with Gasteiger partial charge in [0, 0.05) is 48.6 Å². The number of pyridine rings is 1. The Morgan fingerprint density at radius 1 is 1.07 bits per heavy atom. The lowest BCUT2D eigenvalue weighted by atomic mass is 10.2. The highest BCUT2D eigenvalue weighted by molar-refractivity contribution is 5.92. The molecule has 2 N–H and O–H groups in total. The largest absolute Gasteiger partial charge is 0.379 e. The summed E-state index contributed by atoms with van der Waals surface area (Å²) in [5.41, 5.74) is 3.21. The number of ether oxygens (including phenoxy) is 1. The zero-order chi connectivity index (χ0) is 19.9. The van der Waals surface area contributed by atoms with Gasteiger partial charge in [-0.3, -0.25) is 14.7 Å². The van der Waals surface area contributed by atoms with E-state index >= 15 is 0 Å². The van der Waals surface area contributed by atoms with Crippen LogP contribution in [0.2, 0.25) is 0 Å². The first kappa shape index (κ1) is 19.0. The van der Waals surface area contributed by atoms with Crippen molar-refractivity contribution < 1.29 is 9.53 Å². The van der Waals surface area contributed by atoms with E-state index < -0.39 is 0 Å². The second-order valence-electron chi connectivity index (χ2n) is 6.65. The van der Waals surface area contributed by atoms with Gasteiger partial charge in [-0.05, 0) is 36.4 Å². The van der Waals surface area contributed by atoms with E-state index in [-0.39, 0.29) is 5.91 Å². The zero-order valence-electron chi connectivity index (χ0n) is 15.9. The Bertz CT molecular complexity index is 960. The SMILES string of the molecule is O=C(CN1CCOCC1)Nc1cccc(Nc2nccc(-c3cccnc3)n2)c1. The summed E-state index contributed by atoms with van der Waals surface area (Å²) >= 11 is 0. The maximum Gasteiger partial charge on any atom is 0.238 e. The van der Waals surface area contributed by atoms with E-state index in [4.69, 9.17) is 4.74 Å². The fourth-order valence-electron chi connectivity index (χ4n) is 3.06. The number of hydrogen-bond donors (Lipinski definition) is 2. The van der Waals surface area contributed by atoms with Crippen LogP contribution in [-0.4, -0.2) is 58.6 Å². The number of benzene rings is 1. The summed E-state index contributed by atoms with van der Waals surface area (Å²) < 4.78 is 5.31. The molecule has 0 saturated carbocycles. The second-order valence-corrected chi connectivity index (χ2v) is 6.65. The summed E-state index contributed by atoms with van der Waals surface area (Å²) in [6.07, 6.45) is 5.19. The van der Waals surface area contributed by atoms with Gasteiger partial charge in [-0.15, -0.1) is 0 Å². The van der Waals surface area contributed by atoms with Gasteiger partial charge in [-0.25, -0.2) is 9.97 Å². The molecule has 4 rings (SSSR count). The van der Waals surface area contributed by atoms with Crippen molar-refractivity contribution in [3.8, 4) is 11.3 Å². The fourth-order valence-corrected chi connectivity index (χ4v) is 3.06. The van der Waals surface area contributed by atoms with Gasteiger partial charge in [0.25, 0.3) is 0 Å². The zero-order valence-corrected chi connectivity index (χ0v) is 15.9. The first-order chi connectivity index (χ1) is 14.3. The Balaban J connectivity index is 1.40. The molecular formula is C21H22N6O2. The standard InChI is InChI=1S/C21H22N6O2/c28-20(15-27-9-11-29-12-10-27)24-17-4-1-5-18(13-17)25-21-23-8-6-19(26-21)16-3-2-7-22-14-16/h1-8,13-14H,9-12,15H2,(H,24,28)(H,23,25,26). The van der Waals surface area contributed by atoms with Crippen LogP contribution in [0.3, 0.4) is 0 Å². The van der Waals surface area contributed by atoms with Gasteiger partial charge in [0.05, 0.1) is 25.5 Å². The van der Waals surface area contributed by atoms with E-state index in [0.717, 1.165) is 35.7 Å². The lowest BCUT2D eigenvalue weighted by molar-refractivity contribution is -0.118. The third kappa shape index (κ3) is 5.34. The number of nitrogens with zero attached hydrogens (tertiary/aromatic N) is 4. The molecule has 0 aliphatic carbocycles. The normalized spacial score (nSPS) is 14.3. The molecule has 29 heavy (non-hydrogen) atoms. The quantitative estimate of drug-likeness (QED) is 0.668. The van der Waals surface area contributed by atoms with Gasteiger partial charge < -0.3 is 15.4 Å². The number of nitrogens with one attached hydrogen (secondary N) is 2. The molecule has 1 aliphatic heterocycles. The third-order valence-corrected chi connectivity index (χ3v) is 4.49. The molecule has 8 heteroatoms. The van der Waals surface area contributed by atoms with Crippen molar-refractivity contribution >= 4 is 23.2 Å². The smallest absolute Gasteiger partial charge is 0.238 e. The van der Waals surface area contributed by atoms with E-state index in [1.807, 2.05) is 42.5 Å². The Hall–Kier alpha value is -3.36. The van der Waals surface area contributed by atoms with Crippen LogP contribution in [0.15, 0.2) is 61.1 Å². The molecule has 0 unspecified atom stereocenters. The van der Waals surface area contributed by atoms with E-state index in [9.17, 15) is 4.79 Å². The molecule has 1 aromatic carbocycles. The molecule has 1 aliphatic rings. The van der Waals surface area contributed by atoms with Crippen molar-refractivity contribution in [3.05, 3.63) is 61.1 Å². The second kappa shape index (κ2) is 9.22. The molecule has 148 valence electrons. The summed E-state index contributed by atoms with van der Waals surface area (Å²) in [7, 11) is 0. The van der Waals surface area contributed by atoms with Crippen molar-refractivity contribution in [1.29, 1.82) is 0 Å². The summed E-state index contributed by atoms with van der Waals surface area (Å²) in [6, 6.07) is 13.1. The maximum atomic E-state index is 12.3. The summed E-state index contributed by atoms with van der Waals surface area (Å²) in [5.74, 6) is 0.432. The molecule has 1 fully saturated rings. The number of carbonyl (C=O) groups excluding carboxylic acids is 1. The minimum Gasteiger partial charge on any atom is -0.379 e. The average molecular weight is 390 g/mol. The topological polar surface area (TPSA) is 92.3 Å². The fraction of sp³-hybridized carbons (Fsp3) is 0.238. The molecule has 1 saturated heterocycles. The Morgan fingerprint density at radius 2 is 1.93 bits per heavy atom. The van der Waals surface area contributed by atoms with Gasteiger partial charge in [0.15, 0.2) is 0 Å². The average Bonchev–Trinajstić information content (AvgIpc) is 2.75. The van der Waals surface area contributed by atoms with Gasteiger partial charge in [-0.1, -0.05) is 6.07 Å². The minimum atomic E-state index is -0.0427. The lowest BCUT2D eigenvalue weighted by Gasteiger charge is -2.25. The van der Waals surface area contributed by atoms with Crippen molar-refractivity contribution in [2.75, 3.05) is 43.5 Å². The van der Waals surface area contributed by atoms with Gasteiger partial charge in [0.2, 0.25) is 11.9 Å². The molecular weight excluding hydrogens is 368 g/mol. The van der Waals surface area contributed by atoms with Crippen LogP contribution in [0.1, 0.15) is 0 Å². The Kier molecular flexibility index (Phi) is 6.04. The number of amides is 1. The molecule has 3 heterocycles. The van der Waals surface area contributed by atoms with Crippen LogP contribution in [0, 0.1) is 0 Å².